The summed E-state index contributed by atoms with van der Waals surface area (Å²) in [5.41, 5.74) is 1.42. The number of nitrogens with zero attached hydrogens (tertiary/aromatic N) is 2. The van der Waals surface area contributed by atoms with E-state index < -0.39 is 6.17 Å². The van der Waals surface area contributed by atoms with Crippen molar-refractivity contribution >= 4 is 22.7 Å². The summed E-state index contributed by atoms with van der Waals surface area (Å²) in [5, 5.41) is 10.8. The Hall–Kier alpha value is -2.22. The molecule has 3 aromatic rings. The largest absolute Gasteiger partial charge is 0.497 e. The third kappa shape index (κ3) is 6.93. The van der Waals surface area contributed by atoms with Gasteiger partial charge in [0.05, 0.1) is 12.6 Å². The van der Waals surface area contributed by atoms with Crippen molar-refractivity contribution in [3.8, 4) is 5.75 Å². The Balaban J connectivity index is 1.26. The molecule has 0 radical (unpaired) electrons. The number of alkyl halides is 1. The summed E-state index contributed by atoms with van der Waals surface area (Å²) in [6, 6.07) is 14.0. The molecule has 0 spiro atoms. The molecule has 0 unspecified atom stereocenters. The van der Waals surface area contributed by atoms with Crippen molar-refractivity contribution in [2.45, 2.75) is 36.8 Å². The van der Waals surface area contributed by atoms with E-state index in [1.165, 1.54) is 6.07 Å². The van der Waals surface area contributed by atoms with Crippen molar-refractivity contribution in [1.29, 1.82) is 0 Å². The van der Waals surface area contributed by atoms with Gasteiger partial charge in [0.15, 0.2) is 0 Å². The minimum atomic E-state index is -1.08. The molecule has 0 saturated carbocycles. The predicted molar refractivity (Wildman–Crippen MR) is 138 cm³/mol. The molecular weight excluding hydrogens is 466 g/mol. The van der Waals surface area contributed by atoms with E-state index in [-0.39, 0.29) is 18.3 Å². The second-order valence-electron chi connectivity index (χ2n) is 9.28. The Bertz CT molecular complexity index is 1100. The Morgan fingerprint density at radius 1 is 1.20 bits per heavy atom. The van der Waals surface area contributed by atoms with Crippen LogP contribution in [0, 0.1) is 17.7 Å². The quantitative estimate of drug-likeness (QED) is 0.248. The molecule has 188 valence electrons. The van der Waals surface area contributed by atoms with Crippen LogP contribution in [0.1, 0.15) is 37.4 Å². The number of piperidine rings is 1. The van der Waals surface area contributed by atoms with Gasteiger partial charge in [0.1, 0.15) is 17.7 Å². The van der Waals surface area contributed by atoms with Crippen LogP contribution in [0.5, 0.6) is 5.75 Å². The van der Waals surface area contributed by atoms with E-state index in [0.29, 0.717) is 23.7 Å². The van der Waals surface area contributed by atoms with Gasteiger partial charge in [-0.2, -0.15) is 0 Å². The van der Waals surface area contributed by atoms with Gasteiger partial charge >= 0.3 is 0 Å². The molecule has 35 heavy (non-hydrogen) atoms. The molecule has 4 nitrogen and oxygen atoms in total. The van der Waals surface area contributed by atoms with E-state index >= 15 is 4.39 Å². The van der Waals surface area contributed by atoms with Crippen LogP contribution in [0.2, 0.25) is 0 Å². The molecule has 2 aromatic carbocycles. The summed E-state index contributed by atoms with van der Waals surface area (Å²) in [7, 11) is 1.61. The second-order valence-corrected chi connectivity index (χ2v) is 10.4. The van der Waals surface area contributed by atoms with Crippen molar-refractivity contribution in [3.63, 3.8) is 0 Å². The van der Waals surface area contributed by atoms with Gasteiger partial charge in [-0.15, -0.1) is 11.8 Å². The molecule has 7 heteroatoms. The first-order chi connectivity index (χ1) is 17.1. The molecular formula is C28H34F2N2O2S. The molecule has 1 saturated heterocycles. The van der Waals surface area contributed by atoms with Gasteiger partial charge in [0.2, 0.25) is 0 Å². The number of pyridine rings is 1. The lowest BCUT2D eigenvalue weighted by molar-refractivity contribution is 0.0640. The van der Waals surface area contributed by atoms with E-state index in [2.05, 4.69) is 9.88 Å². The third-order valence-corrected chi connectivity index (χ3v) is 8.08. The number of ether oxygens (including phenoxy) is 1. The fourth-order valence-electron chi connectivity index (χ4n) is 5.04. The van der Waals surface area contributed by atoms with Crippen LogP contribution in [0.3, 0.4) is 0 Å². The Morgan fingerprint density at radius 3 is 2.89 bits per heavy atom. The van der Waals surface area contributed by atoms with Crippen molar-refractivity contribution in [2.75, 3.05) is 39.1 Å². The summed E-state index contributed by atoms with van der Waals surface area (Å²) in [6.45, 7) is 2.91. The van der Waals surface area contributed by atoms with E-state index in [0.717, 1.165) is 60.4 Å². The number of hydrogen-bond donors (Lipinski definition) is 1. The number of aliphatic hydroxyl groups is 1. The second kappa shape index (κ2) is 12.7. The fourth-order valence-corrected chi connectivity index (χ4v) is 5.92. The van der Waals surface area contributed by atoms with Crippen molar-refractivity contribution in [2.24, 2.45) is 11.8 Å². The number of thioether (sulfide) groups is 1. The number of rotatable bonds is 11. The molecule has 0 aliphatic carbocycles. The summed E-state index contributed by atoms with van der Waals surface area (Å²) >= 11 is 1.67. The zero-order valence-electron chi connectivity index (χ0n) is 20.2. The Kier molecular flexibility index (Phi) is 9.35. The average Bonchev–Trinajstić information content (AvgIpc) is 2.89. The van der Waals surface area contributed by atoms with Gasteiger partial charge in [0.25, 0.3) is 0 Å². The molecule has 1 fully saturated rings. The minimum Gasteiger partial charge on any atom is -0.497 e. The lowest BCUT2D eigenvalue weighted by atomic mass is 9.81. The maximum atomic E-state index is 15.4. The first-order valence-electron chi connectivity index (χ1n) is 12.4. The molecule has 1 N–H and O–H groups in total. The number of methoxy groups -OCH3 is 1. The number of halogens is 2. The van der Waals surface area contributed by atoms with Gasteiger partial charge in [-0.3, -0.25) is 4.98 Å². The number of aromatic nitrogens is 1. The first kappa shape index (κ1) is 25.9. The highest BCUT2D eigenvalue weighted by Crippen LogP contribution is 2.35. The highest BCUT2D eigenvalue weighted by Gasteiger charge is 2.29. The predicted octanol–water partition coefficient (Wildman–Crippen LogP) is 6.29. The van der Waals surface area contributed by atoms with E-state index in [9.17, 15) is 9.50 Å². The first-order valence-corrected chi connectivity index (χ1v) is 13.3. The van der Waals surface area contributed by atoms with Crippen LogP contribution < -0.4 is 4.74 Å². The average molecular weight is 501 g/mol. The molecule has 1 aliphatic heterocycles. The molecule has 4 rings (SSSR count). The highest BCUT2D eigenvalue weighted by molar-refractivity contribution is 7.99. The number of aliphatic hydroxyl groups excluding tert-OH is 1. The van der Waals surface area contributed by atoms with Gasteiger partial charge < -0.3 is 14.7 Å². The highest BCUT2D eigenvalue weighted by atomic mass is 32.2. The smallest absolute Gasteiger partial charge is 0.126 e. The molecule has 1 aliphatic rings. The maximum Gasteiger partial charge on any atom is 0.126 e. The topological polar surface area (TPSA) is 45.6 Å². The monoisotopic (exact) mass is 500 g/mol. The number of benzene rings is 2. The van der Waals surface area contributed by atoms with Crippen LogP contribution in [0.25, 0.3) is 10.9 Å². The lowest BCUT2D eigenvalue weighted by Crippen LogP contribution is -2.42. The van der Waals surface area contributed by atoms with Gasteiger partial charge in [0, 0.05) is 29.6 Å². The van der Waals surface area contributed by atoms with Crippen LogP contribution in [0.15, 0.2) is 59.6 Å². The van der Waals surface area contributed by atoms with Crippen molar-refractivity contribution < 1.29 is 18.6 Å². The summed E-state index contributed by atoms with van der Waals surface area (Å²) in [4.78, 5) is 7.71. The van der Waals surface area contributed by atoms with Crippen molar-refractivity contribution in [1.82, 2.24) is 9.88 Å². The standard InChI is InChI=1S/C28H34F2N2O2S/c1-34-23-7-9-28-26(17-23)25(10-12-31-28)27(30)8-6-20-11-14-32(18-21(20)19-33)13-3-15-35-24-5-2-4-22(29)16-24/h2,4-5,7,9-10,12,16-17,20-21,27,33H,3,6,8,11,13-15,18-19H2,1H3/t20-,21-,27+/m1/s1. The normalized spacial score (nSPS) is 19.7. The minimum absolute atomic E-state index is 0.131. The maximum absolute atomic E-state index is 15.4. The van der Waals surface area contributed by atoms with Gasteiger partial charge in [-0.25, -0.2) is 8.78 Å². The van der Waals surface area contributed by atoms with E-state index in [1.807, 2.05) is 24.3 Å². The molecule has 2 heterocycles. The Labute approximate surface area is 210 Å². The number of fused-ring (bicyclic) bond motifs is 1. The van der Waals surface area contributed by atoms with Gasteiger partial charge in [-0.1, -0.05) is 6.07 Å². The lowest BCUT2D eigenvalue weighted by Gasteiger charge is -2.38. The SMILES string of the molecule is COc1ccc2nccc([C@@H](F)CC[C@@H]3CCN(CCCSc4cccc(F)c4)C[C@@H]3CO)c2c1. The van der Waals surface area contributed by atoms with Crippen LogP contribution >= 0.6 is 11.8 Å². The van der Waals surface area contributed by atoms with Crippen LogP contribution in [0.4, 0.5) is 8.78 Å². The van der Waals surface area contributed by atoms with E-state index in [4.69, 9.17) is 4.74 Å². The number of likely N-dealkylation sites (tertiary alicyclic amines) is 1. The molecule has 0 bridgehead atoms. The van der Waals surface area contributed by atoms with Crippen LogP contribution in [-0.2, 0) is 0 Å². The van der Waals surface area contributed by atoms with Crippen LogP contribution in [-0.4, -0.2) is 54.1 Å². The zero-order valence-corrected chi connectivity index (χ0v) is 21.0. The summed E-state index contributed by atoms with van der Waals surface area (Å²) in [6.07, 6.45) is 3.75. The Morgan fingerprint density at radius 2 is 2.09 bits per heavy atom. The molecule has 3 atom stereocenters. The van der Waals surface area contributed by atoms with E-state index in [1.54, 1.807) is 43.3 Å². The third-order valence-electron chi connectivity index (χ3n) is 7.00. The zero-order chi connectivity index (χ0) is 24.6. The summed E-state index contributed by atoms with van der Waals surface area (Å²) < 4.78 is 34.0. The molecule has 0 amide bonds. The van der Waals surface area contributed by atoms with Gasteiger partial charge in [-0.05, 0) is 104 Å². The summed E-state index contributed by atoms with van der Waals surface area (Å²) in [5.74, 6) is 1.91. The number of hydrogen-bond acceptors (Lipinski definition) is 5. The fraction of sp³-hybridized carbons (Fsp3) is 0.464. The van der Waals surface area contributed by atoms with Crippen molar-refractivity contribution in [3.05, 3.63) is 66.1 Å². The molecule has 1 aromatic heterocycles.